The van der Waals surface area contributed by atoms with Gasteiger partial charge in [-0.2, -0.15) is 0 Å². The quantitative estimate of drug-likeness (QED) is 0.420. The Balaban J connectivity index is 2.53. The first-order chi connectivity index (χ1) is 4.66. The first-order valence-electron chi connectivity index (χ1n) is 3.38. The molecular weight excluding hydrogens is 134 g/mol. The summed E-state index contributed by atoms with van der Waals surface area (Å²) < 4.78 is 5.11. The van der Waals surface area contributed by atoms with E-state index in [0.717, 1.165) is 0 Å². The van der Waals surface area contributed by atoms with Crippen molar-refractivity contribution in [1.29, 1.82) is 0 Å². The molecule has 1 fully saturated rings. The van der Waals surface area contributed by atoms with Gasteiger partial charge in [0, 0.05) is 6.54 Å². The highest BCUT2D eigenvalue weighted by Gasteiger charge is 2.38. The zero-order valence-corrected chi connectivity index (χ0v) is 5.90. The Labute approximate surface area is 59.6 Å². The van der Waals surface area contributed by atoms with Crippen LogP contribution in [0.25, 0.3) is 0 Å². The number of hydrogen-bond acceptors (Lipinski definition) is 4. The summed E-state index contributed by atoms with van der Waals surface area (Å²) in [7, 11) is 0. The summed E-state index contributed by atoms with van der Waals surface area (Å²) >= 11 is 0. The standard InChI is InChI=1S/C6H13NO3/c1-3-5(8)6(9)4(2-7)10-3/h3-6,8-9H,2,7H2,1H3/t3-,4-,5-,6-/m1/s1. The first kappa shape index (κ1) is 7.94. The Hall–Kier alpha value is -0.160. The minimum atomic E-state index is -0.819. The van der Waals surface area contributed by atoms with E-state index in [-0.39, 0.29) is 12.6 Å². The lowest BCUT2D eigenvalue weighted by atomic mass is 10.1. The van der Waals surface area contributed by atoms with Gasteiger partial charge in [0.05, 0.1) is 12.2 Å². The van der Waals surface area contributed by atoms with E-state index in [1.165, 1.54) is 0 Å². The molecule has 0 aliphatic carbocycles. The number of rotatable bonds is 1. The Kier molecular flexibility index (Phi) is 2.25. The van der Waals surface area contributed by atoms with Crippen LogP contribution >= 0.6 is 0 Å². The largest absolute Gasteiger partial charge is 0.388 e. The van der Waals surface area contributed by atoms with E-state index in [9.17, 15) is 5.11 Å². The molecule has 0 unspecified atom stereocenters. The van der Waals surface area contributed by atoms with Crippen molar-refractivity contribution in [2.45, 2.75) is 31.3 Å². The van der Waals surface area contributed by atoms with Gasteiger partial charge in [0.25, 0.3) is 0 Å². The van der Waals surface area contributed by atoms with Gasteiger partial charge in [-0.1, -0.05) is 0 Å². The van der Waals surface area contributed by atoms with Gasteiger partial charge in [0.1, 0.15) is 12.2 Å². The molecule has 0 aromatic rings. The Morgan fingerprint density at radius 1 is 1.40 bits per heavy atom. The maximum Gasteiger partial charge on any atom is 0.110 e. The van der Waals surface area contributed by atoms with E-state index in [4.69, 9.17) is 15.6 Å². The highest BCUT2D eigenvalue weighted by Crippen LogP contribution is 2.19. The van der Waals surface area contributed by atoms with E-state index in [2.05, 4.69) is 0 Å². The molecule has 0 radical (unpaired) electrons. The van der Waals surface area contributed by atoms with Gasteiger partial charge >= 0.3 is 0 Å². The van der Waals surface area contributed by atoms with E-state index in [1.807, 2.05) is 0 Å². The third-order valence-corrected chi connectivity index (χ3v) is 1.83. The molecule has 0 aromatic heterocycles. The second kappa shape index (κ2) is 2.84. The van der Waals surface area contributed by atoms with Gasteiger partial charge in [-0.3, -0.25) is 0 Å². The number of ether oxygens (including phenoxy) is 1. The van der Waals surface area contributed by atoms with E-state index in [0.29, 0.717) is 0 Å². The van der Waals surface area contributed by atoms with Gasteiger partial charge < -0.3 is 20.7 Å². The van der Waals surface area contributed by atoms with Crippen LogP contribution < -0.4 is 5.73 Å². The van der Waals surface area contributed by atoms with Crippen LogP contribution in [0.3, 0.4) is 0 Å². The molecule has 0 saturated carbocycles. The third kappa shape index (κ3) is 1.15. The lowest BCUT2D eigenvalue weighted by Gasteiger charge is -2.10. The molecule has 1 aliphatic heterocycles. The van der Waals surface area contributed by atoms with Gasteiger partial charge in [-0.15, -0.1) is 0 Å². The fourth-order valence-corrected chi connectivity index (χ4v) is 1.13. The monoisotopic (exact) mass is 147 g/mol. The average molecular weight is 147 g/mol. The van der Waals surface area contributed by atoms with Crippen LogP contribution in [0.4, 0.5) is 0 Å². The molecule has 4 nitrogen and oxygen atoms in total. The first-order valence-corrected chi connectivity index (χ1v) is 3.38. The second-order valence-corrected chi connectivity index (χ2v) is 2.60. The van der Waals surface area contributed by atoms with Crippen molar-refractivity contribution in [3.05, 3.63) is 0 Å². The number of hydrogen-bond donors (Lipinski definition) is 3. The lowest BCUT2D eigenvalue weighted by Crippen LogP contribution is -2.35. The van der Waals surface area contributed by atoms with E-state index < -0.39 is 18.3 Å². The smallest absolute Gasteiger partial charge is 0.110 e. The van der Waals surface area contributed by atoms with Gasteiger partial charge in [0.2, 0.25) is 0 Å². The zero-order valence-electron chi connectivity index (χ0n) is 5.90. The van der Waals surface area contributed by atoms with Crippen LogP contribution in [-0.2, 0) is 4.74 Å². The van der Waals surface area contributed by atoms with Crippen LogP contribution in [0.1, 0.15) is 6.92 Å². The minimum absolute atomic E-state index is 0.253. The maximum atomic E-state index is 9.17. The Bertz CT molecular complexity index is 120. The van der Waals surface area contributed by atoms with Crippen LogP contribution in [0, 0.1) is 0 Å². The topological polar surface area (TPSA) is 75.7 Å². The minimum Gasteiger partial charge on any atom is -0.388 e. The fourth-order valence-electron chi connectivity index (χ4n) is 1.13. The molecule has 1 heterocycles. The van der Waals surface area contributed by atoms with Crippen LogP contribution in [-0.4, -0.2) is 41.2 Å². The summed E-state index contributed by atoms with van der Waals surface area (Å²) in [5, 5.41) is 18.3. The molecule has 1 saturated heterocycles. The maximum absolute atomic E-state index is 9.17. The second-order valence-electron chi connectivity index (χ2n) is 2.60. The molecule has 4 atom stereocenters. The highest BCUT2D eigenvalue weighted by molar-refractivity contribution is 4.88. The van der Waals surface area contributed by atoms with Crippen LogP contribution in [0.2, 0.25) is 0 Å². The van der Waals surface area contributed by atoms with Crippen molar-refractivity contribution in [2.75, 3.05) is 6.54 Å². The number of nitrogens with two attached hydrogens (primary N) is 1. The number of aliphatic hydroxyl groups is 2. The van der Waals surface area contributed by atoms with Crippen molar-refractivity contribution in [1.82, 2.24) is 0 Å². The zero-order chi connectivity index (χ0) is 7.72. The summed E-state index contributed by atoms with van der Waals surface area (Å²) in [5.74, 6) is 0. The average Bonchev–Trinajstić information content (AvgIpc) is 2.17. The molecule has 0 spiro atoms. The molecule has 4 N–H and O–H groups in total. The van der Waals surface area contributed by atoms with Crippen molar-refractivity contribution in [3.63, 3.8) is 0 Å². The molecule has 60 valence electrons. The number of aliphatic hydroxyl groups excluding tert-OH is 2. The van der Waals surface area contributed by atoms with E-state index >= 15 is 0 Å². The summed E-state index contributed by atoms with van der Waals surface area (Å²) in [5.41, 5.74) is 5.25. The summed E-state index contributed by atoms with van der Waals surface area (Å²) in [6.45, 7) is 1.96. The molecule has 1 aliphatic rings. The van der Waals surface area contributed by atoms with Gasteiger partial charge in [-0.25, -0.2) is 0 Å². The lowest BCUT2D eigenvalue weighted by molar-refractivity contribution is 0.0223. The fraction of sp³-hybridized carbons (Fsp3) is 1.00. The summed E-state index contributed by atoms with van der Waals surface area (Å²) in [6, 6.07) is 0. The van der Waals surface area contributed by atoms with Crippen molar-refractivity contribution in [2.24, 2.45) is 5.73 Å². The summed E-state index contributed by atoms with van der Waals surface area (Å²) in [6.07, 6.45) is -2.30. The van der Waals surface area contributed by atoms with Crippen molar-refractivity contribution >= 4 is 0 Å². The normalized spacial score (nSPS) is 48.0. The molecule has 0 amide bonds. The predicted octanol–water partition coefficient (Wildman–Crippen LogP) is -1.55. The Morgan fingerprint density at radius 3 is 2.20 bits per heavy atom. The van der Waals surface area contributed by atoms with Gasteiger partial charge in [0.15, 0.2) is 0 Å². The molecule has 0 aromatic carbocycles. The SMILES string of the molecule is C[C@H]1O[C@H](CN)[C@@H](O)[C@@H]1O. The summed E-state index contributed by atoms with van der Waals surface area (Å²) in [4.78, 5) is 0. The highest BCUT2D eigenvalue weighted by atomic mass is 16.5. The van der Waals surface area contributed by atoms with Crippen LogP contribution in [0.15, 0.2) is 0 Å². The predicted molar refractivity (Wildman–Crippen MR) is 35.4 cm³/mol. The third-order valence-electron chi connectivity index (χ3n) is 1.83. The molecule has 1 rings (SSSR count). The van der Waals surface area contributed by atoms with Gasteiger partial charge in [-0.05, 0) is 6.92 Å². The molecule has 0 bridgehead atoms. The van der Waals surface area contributed by atoms with Crippen molar-refractivity contribution < 1.29 is 14.9 Å². The molecular formula is C6H13NO3. The van der Waals surface area contributed by atoms with E-state index in [1.54, 1.807) is 6.92 Å². The molecule has 4 heteroatoms. The van der Waals surface area contributed by atoms with Crippen LogP contribution in [0.5, 0.6) is 0 Å². The molecule has 10 heavy (non-hydrogen) atoms. The Morgan fingerprint density at radius 2 is 2.00 bits per heavy atom. The van der Waals surface area contributed by atoms with Crippen molar-refractivity contribution in [3.8, 4) is 0 Å².